The van der Waals surface area contributed by atoms with E-state index in [4.69, 9.17) is 5.11 Å². The largest absolute Gasteiger partial charge is 0.395 e. The molecule has 0 fully saturated rings. The van der Waals surface area contributed by atoms with Gasteiger partial charge in [-0.25, -0.2) is 4.79 Å². The molecular weight excluding hydrogens is 204 g/mol. The number of aliphatic hydroxyl groups excluding tert-OH is 1. The van der Waals surface area contributed by atoms with E-state index in [1.165, 1.54) is 12.8 Å². The third-order valence-corrected chi connectivity index (χ3v) is 2.94. The van der Waals surface area contributed by atoms with Gasteiger partial charge in [-0.3, -0.25) is 0 Å². The van der Waals surface area contributed by atoms with Crippen LogP contribution in [-0.4, -0.2) is 42.8 Å². The number of nitrogens with zero attached hydrogens (tertiary/aromatic N) is 1. The summed E-state index contributed by atoms with van der Waals surface area (Å²) in [4.78, 5) is 13.1. The molecule has 0 heterocycles. The van der Waals surface area contributed by atoms with Crippen molar-refractivity contribution in [3.8, 4) is 0 Å². The standard InChI is InChI=1S/C12H26N2O2/c1-4-11(2)7-5-6-8-14(9-10-15)12(16)13-3/h11,15H,4-10H2,1-3H3,(H,13,16). The molecule has 0 aromatic heterocycles. The maximum absolute atomic E-state index is 11.4. The van der Waals surface area contributed by atoms with Gasteiger partial charge in [-0.15, -0.1) is 0 Å². The first-order valence-corrected chi connectivity index (χ1v) is 6.23. The Kier molecular flexibility index (Phi) is 9.00. The first-order valence-electron chi connectivity index (χ1n) is 6.23. The van der Waals surface area contributed by atoms with Crippen LogP contribution in [-0.2, 0) is 0 Å². The van der Waals surface area contributed by atoms with Crippen molar-refractivity contribution in [2.75, 3.05) is 26.7 Å². The molecule has 0 saturated carbocycles. The van der Waals surface area contributed by atoms with Crippen LogP contribution in [0.3, 0.4) is 0 Å². The zero-order valence-electron chi connectivity index (χ0n) is 10.8. The number of aliphatic hydroxyl groups is 1. The molecule has 1 atom stereocenters. The summed E-state index contributed by atoms with van der Waals surface area (Å²) >= 11 is 0. The second kappa shape index (κ2) is 9.46. The SMILES string of the molecule is CCC(C)CCCCN(CCO)C(=O)NC. The number of carbonyl (C=O) groups excluding carboxylic acids is 1. The number of amides is 2. The summed E-state index contributed by atoms with van der Waals surface area (Å²) in [5.41, 5.74) is 0. The minimum atomic E-state index is -0.0995. The Morgan fingerprint density at radius 1 is 1.38 bits per heavy atom. The highest BCUT2D eigenvalue weighted by molar-refractivity contribution is 5.73. The van der Waals surface area contributed by atoms with E-state index in [1.54, 1.807) is 11.9 Å². The lowest BCUT2D eigenvalue weighted by molar-refractivity contribution is 0.177. The molecule has 2 amide bonds. The summed E-state index contributed by atoms with van der Waals surface area (Å²) < 4.78 is 0. The number of nitrogens with one attached hydrogen (secondary N) is 1. The smallest absolute Gasteiger partial charge is 0.317 e. The zero-order valence-corrected chi connectivity index (χ0v) is 10.8. The average Bonchev–Trinajstić information content (AvgIpc) is 2.31. The zero-order chi connectivity index (χ0) is 12.4. The molecule has 0 saturated heterocycles. The Labute approximate surface area is 99.0 Å². The van der Waals surface area contributed by atoms with Crippen molar-refractivity contribution in [3.63, 3.8) is 0 Å². The summed E-state index contributed by atoms with van der Waals surface area (Å²) in [5.74, 6) is 0.770. The fraction of sp³-hybridized carbons (Fsp3) is 0.917. The van der Waals surface area contributed by atoms with Gasteiger partial charge < -0.3 is 15.3 Å². The Balaban J connectivity index is 3.72. The lowest BCUT2D eigenvalue weighted by atomic mass is 10.0. The number of urea groups is 1. The Morgan fingerprint density at radius 2 is 2.06 bits per heavy atom. The first-order chi connectivity index (χ1) is 7.65. The number of rotatable bonds is 8. The molecule has 0 rings (SSSR count). The predicted octanol–water partition coefficient (Wildman–Crippen LogP) is 1.84. The quantitative estimate of drug-likeness (QED) is 0.625. The molecule has 96 valence electrons. The Bertz CT molecular complexity index is 186. The van der Waals surface area contributed by atoms with Crippen molar-refractivity contribution in [3.05, 3.63) is 0 Å². The summed E-state index contributed by atoms with van der Waals surface area (Å²) in [6, 6.07) is -0.0995. The first kappa shape index (κ1) is 15.2. The van der Waals surface area contributed by atoms with Crippen LogP contribution in [0.1, 0.15) is 39.5 Å². The van der Waals surface area contributed by atoms with Crippen LogP contribution < -0.4 is 5.32 Å². The van der Waals surface area contributed by atoms with Crippen LogP contribution in [0.25, 0.3) is 0 Å². The highest BCUT2D eigenvalue weighted by Crippen LogP contribution is 2.11. The van der Waals surface area contributed by atoms with Crippen LogP contribution in [0.2, 0.25) is 0 Å². The summed E-state index contributed by atoms with van der Waals surface area (Å²) in [7, 11) is 1.62. The molecule has 4 nitrogen and oxygen atoms in total. The van der Waals surface area contributed by atoms with E-state index in [1.807, 2.05) is 0 Å². The van der Waals surface area contributed by atoms with E-state index in [2.05, 4.69) is 19.2 Å². The fourth-order valence-electron chi connectivity index (χ4n) is 1.59. The maximum atomic E-state index is 11.4. The normalized spacial score (nSPS) is 12.2. The Morgan fingerprint density at radius 3 is 2.56 bits per heavy atom. The number of hydrogen-bond donors (Lipinski definition) is 2. The molecule has 0 aliphatic carbocycles. The second-order valence-corrected chi connectivity index (χ2v) is 4.28. The number of carbonyl (C=O) groups is 1. The Hall–Kier alpha value is -0.770. The van der Waals surface area contributed by atoms with Crippen LogP contribution in [0.15, 0.2) is 0 Å². The minimum absolute atomic E-state index is 0.0266. The number of hydrogen-bond acceptors (Lipinski definition) is 2. The molecule has 0 bridgehead atoms. The van der Waals surface area contributed by atoms with E-state index in [0.29, 0.717) is 6.54 Å². The van der Waals surface area contributed by atoms with E-state index in [9.17, 15) is 4.79 Å². The molecule has 0 aliphatic heterocycles. The van der Waals surface area contributed by atoms with Crippen LogP contribution >= 0.6 is 0 Å². The summed E-state index contributed by atoms with van der Waals surface area (Å²) in [5, 5.41) is 11.4. The molecule has 0 aliphatic rings. The molecular formula is C12H26N2O2. The van der Waals surface area contributed by atoms with Crippen molar-refractivity contribution in [1.29, 1.82) is 0 Å². The van der Waals surface area contributed by atoms with Gasteiger partial charge >= 0.3 is 6.03 Å². The van der Waals surface area contributed by atoms with Crippen LogP contribution in [0.4, 0.5) is 4.79 Å². The lowest BCUT2D eigenvalue weighted by Crippen LogP contribution is -2.40. The fourth-order valence-corrected chi connectivity index (χ4v) is 1.59. The van der Waals surface area contributed by atoms with Crippen LogP contribution in [0.5, 0.6) is 0 Å². The summed E-state index contributed by atoms with van der Waals surface area (Å²) in [6.45, 7) is 5.63. The van der Waals surface area contributed by atoms with Gasteiger partial charge in [0, 0.05) is 20.1 Å². The minimum Gasteiger partial charge on any atom is -0.395 e. The predicted molar refractivity (Wildman–Crippen MR) is 66.4 cm³/mol. The van der Waals surface area contributed by atoms with E-state index in [0.717, 1.165) is 25.3 Å². The monoisotopic (exact) mass is 230 g/mol. The molecule has 4 heteroatoms. The summed E-state index contributed by atoms with van der Waals surface area (Å²) in [6.07, 6.45) is 4.60. The molecule has 0 aromatic carbocycles. The van der Waals surface area contributed by atoms with Gasteiger partial charge in [0.2, 0.25) is 0 Å². The third kappa shape index (κ3) is 6.67. The van der Waals surface area contributed by atoms with E-state index < -0.39 is 0 Å². The van der Waals surface area contributed by atoms with Crippen molar-refractivity contribution < 1.29 is 9.90 Å². The topological polar surface area (TPSA) is 52.6 Å². The van der Waals surface area contributed by atoms with E-state index >= 15 is 0 Å². The van der Waals surface area contributed by atoms with Crippen molar-refractivity contribution in [1.82, 2.24) is 10.2 Å². The van der Waals surface area contributed by atoms with Crippen LogP contribution in [0, 0.1) is 5.92 Å². The third-order valence-electron chi connectivity index (χ3n) is 2.94. The molecule has 0 spiro atoms. The van der Waals surface area contributed by atoms with Gasteiger partial charge in [0.25, 0.3) is 0 Å². The van der Waals surface area contributed by atoms with Gasteiger partial charge in [0.15, 0.2) is 0 Å². The van der Waals surface area contributed by atoms with Gasteiger partial charge in [-0.2, -0.15) is 0 Å². The van der Waals surface area contributed by atoms with Gasteiger partial charge in [-0.05, 0) is 12.3 Å². The van der Waals surface area contributed by atoms with Crippen molar-refractivity contribution >= 4 is 6.03 Å². The maximum Gasteiger partial charge on any atom is 0.317 e. The molecule has 16 heavy (non-hydrogen) atoms. The highest BCUT2D eigenvalue weighted by atomic mass is 16.3. The van der Waals surface area contributed by atoms with Gasteiger partial charge in [0.1, 0.15) is 0 Å². The van der Waals surface area contributed by atoms with Crippen molar-refractivity contribution in [2.24, 2.45) is 5.92 Å². The van der Waals surface area contributed by atoms with Gasteiger partial charge in [0.05, 0.1) is 6.61 Å². The molecule has 0 radical (unpaired) electrons. The number of unbranched alkanes of at least 4 members (excludes halogenated alkanes) is 1. The second-order valence-electron chi connectivity index (χ2n) is 4.28. The molecule has 0 aromatic rings. The average molecular weight is 230 g/mol. The van der Waals surface area contributed by atoms with Gasteiger partial charge in [-0.1, -0.05) is 33.1 Å². The molecule has 2 N–H and O–H groups in total. The molecule has 1 unspecified atom stereocenters. The highest BCUT2D eigenvalue weighted by Gasteiger charge is 2.10. The van der Waals surface area contributed by atoms with Crippen molar-refractivity contribution in [2.45, 2.75) is 39.5 Å². The lowest BCUT2D eigenvalue weighted by Gasteiger charge is -2.21. The van der Waals surface area contributed by atoms with E-state index in [-0.39, 0.29) is 12.6 Å².